The van der Waals surface area contributed by atoms with E-state index in [0.29, 0.717) is 6.54 Å². The molecule has 0 atom stereocenters. The van der Waals surface area contributed by atoms with Crippen LogP contribution in [0.4, 0.5) is 8.78 Å². The standard InChI is InChI=1S/C12H13F2NO/c1-8(16)10-6-9(4-3-5-15-2)11(13)7-12(10)14/h3-4,6-7,15H,5H2,1-2H3. The van der Waals surface area contributed by atoms with Crippen molar-refractivity contribution in [1.82, 2.24) is 5.32 Å². The van der Waals surface area contributed by atoms with Gasteiger partial charge >= 0.3 is 0 Å². The summed E-state index contributed by atoms with van der Waals surface area (Å²) in [5.41, 5.74) is 0.118. The van der Waals surface area contributed by atoms with Crippen molar-refractivity contribution in [2.45, 2.75) is 6.92 Å². The smallest absolute Gasteiger partial charge is 0.162 e. The zero-order valence-electron chi connectivity index (χ0n) is 9.18. The lowest BCUT2D eigenvalue weighted by atomic mass is 10.1. The second-order valence-corrected chi connectivity index (χ2v) is 3.37. The molecule has 4 heteroatoms. The Bertz CT molecular complexity index is 427. The Morgan fingerprint density at radius 1 is 1.38 bits per heavy atom. The monoisotopic (exact) mass is 225 g/mol. The Morgan fingerprint density at radius 2 is 2.06 bits per heavy atom. The first-order valence-corrected chi connectivity index (χ1v) is 4.87. The van der Waals surface area contributed by atoms with Crippen LogP contribution in [-0.2, 0) is 0 Å². The number of hydrogen-bond acceptors (Lipinski definition) is 2. The maximum atomic E-state index is 13.3. The van der Waals surface area contributed by atoms with E-state index in [0.717, 1.165) is 6.07 Å². The predicted molar refractivity (Wildman–Crippen MR) is 59.3 cm³/mol. The molecule has 1 N–H and O–H groups in total. The number of likely N-dealkylation sites (N-methyl/N-ethyl adjacent to an activating group) is 1. The number of benzene rings is 1. The van der Waals surface area contributed by atoms with Gasteiger partial charge in [0.15, 0.2) is 5.78 Å². The highest BCUT2D eigenvalue weighted by Gasteiger charge is 2.11. The molecule has 0 unspecified atom stereocenters. The van der Waals surface area contributed by atoms with E-state index in [1.807, 2.05) is 0 Å². The van der Waals surface area contributed by atoms with Gasteiger partial charge in [0.25, 0.3) is 0 Å². The fraction of sp³-hybridized carbons (Fsp3) is 0.250. The van der Waals surface area contributed by atoms with E-state index < -0.39 is 17.4 Å². The molecule has 0 radical (unpaired) electrons. The zero-order valence-corrected chi connectivity index (χ0v) is 9.18. The first-order valence-electron chi connectivity index (χ1n) is 4.87. The summed E-state index contributed by atoms with van der Waals surface area (Å²) in [6, 6.07) is 1.95. The Kier molecular flexibility index (Phi) is 4.31. The van der Waals surface area contributed by atoms with Crippen LogP contribution in [0.1, 0.15) is 22.8 Å². The van der Waals surface area contributed by atoms with Crippen LogP contribution in [0.25, 0.3) is 6.08 Å². The first-order chi connectivity index (χ1) is 7.56. The Hall–Kier alpha value is -1.55. The van der Waals surface area contributed by atoms with Crippen LogP contribution >= 0.6 is 0 Å². The third-order valence-corrected chi connectivity index (χ3v) is 2.09. The number of nitrogens with one attached hydrogen (secondary N) is 1. The van der Waals surface area contributed by atoms with Crippen molar-refractivity contribution in [2.24, 2.45) is 0 Å². The van der Waals surface area contributed by atoms with Crippen molar-refractivity contribution >= 4 is 11.9 Å². The minimum absolute atomic E-state index is 0.0921. The van der Waals surface area contributed by atoms with E-state index in [2.05, 4.69) is 5.32 Å². The topological polar surface area (TPSA) is 29.1 Å². The van der Waals surface area contributed by atoms with E-state index in [4.69, 9.17) is 0 Å². The summed E-state index contributed by atoms with van der Waals surface area (Å²) in [5, 5.41) is 2.86. The normalized spacial score (nSPS) is 11.0. The number of carbonyl (C=O) groups excluding carboxylic acids is 1. The molecule has 0 amide bonds. The molecule has 1 rings (SSSR count). The average Bonchev–Trinajstić information content (AvgIpc) is 2.21. The predicted octanol–water partition coefficient (Wildman–Crippen LogP) is 2.40. The maximum absolute atomic E-state index is 13.3. The van der Waals surface area contributed by atoms with Crippen LogP contribution in [-0.4, -0.2) is 19.4 Å². The molecule has 0 fully saturated rings. The van der Waals surface area contributed by atoms with Crippen molar-refractivity contribution in [3.05, 3.63) is 41.0 Å². The lowest BCUT2D eigenvalue weighted by Gasteiger charge is -2.02. The molecule has 2 nitrogen and oxygen atoms in total. The van der Waals surface area contributed by atoms with Crippen molar-refractivity contribution in [1.29, 1.82) is 0 Å². The molecule has 0 spiro atoms. The number of hydrogen-bond donors (Lipinski definition) is 1. The fourth-order valence-electron chi connectivity index (χ4n) is 1.27. The molecular formula is C12H13F2NO. The highest BCUT2D eigenvalue weighted by atomic mass is 19.1. The number of halogens is 2. The van der Waals surface area contributed by atoms with E-state index >= 15 is 0 Å². The van der Waals surface area contributed by atoms with Crippen LogP contribution in [0.5, 0.6) is 0 Å². The largest absolute Gasteiger partial charge is 0.316 e. The van der Waals surface area contributed by atoms with Gasteiger partial charge in [-0.2, -0.15) is 0 Å². The second kappa shape index (κ2) is 5.51. The Morgan fingerprint density at radius 3 is 2.62 bits per heavy atom. The molecule has 0 aliphatic rings. The molecule has 0 saturated heterocycles. The molecule has 0 saturated carbocycles. The summed E-state index contributed by atoms with van der Waals surface area (Å²) in [6.45, 7) is 1.82. The molecule has 1 aromatic rings. The minimum Gasteiger partial charge on any atom is -0.316 e. The van der Waals surface area contributed by atoms with Crippen LogP contribution < -0.4 is 5.32 Å². The molecule has 86 valence electrons. The van der Waals surface area contributed by atoms with E-state index in [1.54, 1.807) is 13.1 Å². The SMILES string of the molecule is CNCC=Cc1cc(C(C)=O)c(F)cc1F. The molecule has 1 aromatic carbocycles. The molecular weight excluding hydrogens is 212 g/mol. The van der Waals surface area contributed by atoms with Gasteiger partial charge in [-0.3, -0.25) is 4.79 Å². The Labute approximate surface area is 93.0 Å². The van der Waals surface area contributed by atoms with Crippen molar-refractivity contribution in [2.75, 3.05) is 13.6 Å². The first kappa shape index (κ1) is 12.5. The molecule has 0 heterocycles. The number of Topliss-reactive ketones (excluding diaryl/α,β-unsaturated/α-hetero) is 1. The van der Waals surface area contributed by atoms with Gasteiger partial charge in [-0.05, 0) is 20.0 Å². The number of rotatable bonds is 4. The summed E-state index contributed by atoms with van der Waals surface area (Å²) < 4.78 is 26.5. The number of ketones is 1. The molecule has 0 bridgehead atoms. The van der Waals surface area contributed by atoms with E-state index in [9.17, 15) is 13.6 Å². The van der Waals surface area contributed by atoms with Gasteiger partial charge in [-0.15, -0.1) is 0 Å². The maximum Gasteiger partial charge on any atom is 0.162 e. The fourth-order valence-corrected chi connectivity index (χ4v) is 1.27. The van der Waals surface area contributed by atoms with Crippen molar-refractivity contribution in [3.63, 3.8) is 0 Å². The van der Waals surface area contributed by atoms with Gasteiger partial charge in [0.05, 0.1) is 5.56 Å². The lowest BCUT2D eigenvalue weighted by Crippen LogP contribution is -2.04. The average molecular weight is 225 g/mol. The number of carbonyl (C=O) groups is 1. The second-order valence-electron chi connectivity index (χ2n) is 3.37. The minimum atomic E-state index is -0.823. The lowest BCUT2D eigenvalue weighted by molar-refractivity contribution is 0.101. The highest BCUT2D eigenvalue weighted by molar-refractivity contribution is 5.94. The molecule has 16 heavy (non-hydrogen) atoms. The summed E-state index contributed by atoms with van der Waals surface area (Å²) in [5.74, 6) is -1.91. The highest BCUT2D eigenvalue weighted by Crippen LogP contribution is 2.16. The van der Waals surface area contributed by atoms with Gasteiger partial charge in [0.1, 0.15) is 11.6 Å². The van der Waals surface area contributed by atoms with Gasteiger partial charge in [-0.1, -0.05) is 12.2 Å². The van der Waals surface area contributed by atoms with Crippen LogP contribution in [0.3, 0.4) is 0 Å². The molecule has 0 aliphatic heterocycles. The summed E-state index contributed by atoms with van der Waals surface area (Å²) in [7, 11) is 1.76. The molecule has 0 aromatic heterocycles. The van der Waals surface area contributed by atoms with Gasteiger partial charge in [0.2, 0.25) is 0 Å². The van der Waals surface area contributed by atoms with Gasteiger partial charge in [-0.25, -0.2) is 8.78 Å². The van der Waals surface area contributed by atoms with E-state index in [1.165, 1.54) is 19.1 Å². The van der Waals surface area contributed by atoms with Crippen LogP contribution in [0, 0.1) is 11.6 Å². The summed E-state index contributed by atoms with van der Waals surface area (Å²) in [4.78, 5) is 11.1. The van der Waals surface area contributed by atoms with Gasteiger partial charge in [0, 0.05) is 18.2 Å². The van der Waals surface area contributed by atoms with Crippen LogP contribution in [0.15, 0.2) is 18.2 Å². The van der Waals surface area contributed by atoms with Crippen molar-refractivity contribution in [3.8, 4) is 0 Å². The summed E-state index contributed by atoms with van der Waals surface area (Å²) in [6.07, 6.45) is 3.21. The third-order valence-electron chi connectivity index (χ3n) is 2.09. The van der Waals surface area contributed by atoms with Gasteiger partial charge < -0.3 is 5.32 Å². The van der Waals surface area contributed by atoms with Crippen LogP contribution in [0.2, 0.25) is 0 Å². The third kappa shape index (κ3) is 2.97. The van der Waals surface area contributed by atoms with Crippen molar-refractivity contribution < 1.29 is 13.6 Å². The molecule has 0 aliphatic carbocycles. The zero-order chi connectivity index (χ0) is 12.1. The Balaban J connectivity index is 3.09. The summed E-state index contributed by atoms with van der Waals surface area (Å²) >= 11 is 0. The quantitative estimate of drug-likeness (QED) is 0.797. The van der Waals surface area contributed by atoms with E-state index in [-0.39, 0.29) is 11.1 Å².